The third kappa shape index (κ3) is 5.09. The van der Waals surface area contributed by atoms with Gasteiger partial charge in [-0.25, -0.2) is 23.1 Å². The Morgan fingerprint density at radius 2 is 2.00 bits per heavy atom. The SMILES string of the molecule is C=CC(=O)N1CCC[C@@H](n2nc(C#CCNS(=O)(=O)c3cccc4c(N(C)C)cccc34)c3c(N)ncnc32)C1. The number of benzene rings is 2. The number of carbonyl (C=O) groups is 1. The molecule has 5 rings (SSSR count). The zero-order valence-electron chi connectivity index (χ0n) is 22.3. The highest BCUT2D eigenvalue weighted by atomic mass is 32.2. The zero-order chi connectivity index (χ0) is 28.4. The molecule has 12 heteroatoms. The van der Waals surface area contributed by atoms with Gasteiger partial charge in [-0.2, -0.15) is 9.82 Å². The number of hydrogen-bond donors (Lipinski definition) is 2. The number of nitrogens with one attached hydrogen (secondary N) is 1. The van der Waals surface area contributed by atoms with E-state index in [1.54, 1.807) is 27.8 Å². The van der Waals surface area contributed by atoms with Crippen LogP contribution in [0.4, 0.5) is 11.5 Å². The third-order valence-electron chi connectivity index (χ3n) is 6.93. The molecule has 3 heterocycles. The van der Waals surface area contributed by atoms with Crippen LogP contribution < -0.4 is 15.4 Å². The quantitative estimate of drug-likeness (QED) is 0.272. The van der Waals surface area contributed by atoms with Crippen LogP contribution in [0.15, 0.2) is 60.3 Å². The zero-order valence-corrected chi connectivity index (χ0v) is 23.1. The third-order valence-corrected chi connectivity index (χ3v) is 8.39. The van der Waals surface area contributed by atoms with Gasteiger partial charge < -0.3 is 15.5 Å². The maximum Gasteiger partial charge on any atom is 0.246 e. The lowest BCUT2D eigenvalue weighted by Gasteiger charge is -2.32. The summed E-state index contributed by atoms with van der Waals surface area (Å²) >= 11 is 0. The molecule has 1 amide bonds. The standard InChI is InChI=1S/C28H30N8O3S/c1-4-25(37)35-16-8-9-19(17-35)36-28-26(27(29)30-18-31-28)22(33-36)12-7-15-32-40(38,39)24-14-6-10-20-21(24)11-5-13-23(20)34(2)3/h4-6,10-11,13-14,18-19,32H,1,8-9,15-17H2,2-3H3,(H2,29,30,31)/t19-/m1/s1. The Kier molecular flexibility index (Phi) is 7.42. The van der Waals surface area contributed by atoms with E-state index < -0.39 is 10.0 Å². The number of sulfonamides is 1. The number of nitrogens with zero attached hydrogens (tertiary/aromatic N) is 6. The first kappa shape index (κ1) is 27.1. The molecule has 40 heavy (non-hydrogen) atoms. The summed E-state index contributed by atoms with van der Waals surface area (Å²) in [7, 11) is -0.0260. The summed E-state index contributed by atoms with van der Waals surface area (Å²) in [6, 6.07) is 10.7. The van der Waals surface area contributed by atoms with Crippen LogP contribution in [0, 0.1) is 11.8 Å². The van der Waals surface area contributed by atoms with Crippen molar-refractivity contribution in [1.29, 1.82) is 0 Å². The van der Waals surface area contributed by atoms with Crippen LogP contribution >= 0.6 is 0 Å². The van der Waals surface area contributed by atoms with Crippen LogP contribution in [-0.4, -0.2) is 72.7 Å². The number of nitrogen functional groups attached to an aromatic ring is 1. The highest BCUT2D eigenvalue weighted by Gasteiger charge is 2.27. The van der Waals surface area contributed by atoms with Crippen molar-refractivity contribution in [3.05, 3.63) is 61.1 Å². The minimum absolute atomic E-state index is 0.123. The summed E-state index contributed by atoms with van der Waals surface area (Å²) in [5.74, 6) is 5.90. The van der Waals surface area contributed by atoms with E-state index in [0.29, 0.717) is 35.2 Å². The van der Waals surface area contributed by atoms with E-state index in [4.69, 9.17) is 5.73 Å². The highest BCUT2D eigenvalue weighted by Crippen LogP contribution is 2.30. The highest BCUT2D eigenvalue weighted by molar-refractivity contribution is 7.89. The van der Waals surface area contributed by atoms with Gasteiger partial charge in [0.1, 0.15) is 17.8 Å². The molecule has 0 saturated carbocycles. The summed E-state index contributed by atoms with van der Waals surface area (Å²) in [6.07, 6.45) is 4.28. The molecular weight excluding hydrogens is 528 g/mol. The number of amides is 1. The average Bonchev–Trinajstić information content (AvgIpc) is 3.34. The molecule has 0 spiro atoms. The van der Waals surface area contributed by atoms with E-state index in [0.717, 1.165) is 23.9 Å². The van der Waals surface area contributed by atoms with Crippen molar-refractivity contribution in [2.45, 2.75) is 23.8 Å². The van der Waals surface area contributed by atoms with Crippen molar-refractivity contribution < 1.29 is 13.2 Å². The molecule has 1 aliphatic rings. The fraction of sp³-hybridized carbons (Fsp3) is 0.286. The predicted molar refractivity (Wildman–Crippen MR) is 155 cm³/mol. The van der Waals surface area contributed by atoms with E-state index in [1.807, 2.05) is 37.2 Å². The second-order valence-electron chi connectivity index (χ2n) is 9.68. The van der Waals surface area contributed by atoms with E-state index >= 15 is 0 Å². The normalized spacial score (nSPS) is 15.6. The number of likely N-dealkylation sites (tertiary alicyclic amines) is 1. The summed E-state index contributed by atoms with van der Waals surface area (Å²) in [5.41, 5.74) is 7.95. The molecule has 0 bridgehead atoms. The molecule has 3 N–H and O–H groups in total. The summed E-state index contributed by atoms with van der Waals surface area (Å²) in [6.45, 7) is 4.55. The predicted octanol–water partition coefficient (Wildman–Crippen LogP) is 2.31. The van der Waals surface area contributed by atoms with E-state index in [2.05, 4.69) is 38.2 Å². The topological polar surface area (TPSA) is 139 Å². The van der Waals surface area contributed by atoms with Gasteiger partial charge in [0.2, 0.25) is 15.9 Å². The number of nitrogens with two attached hydrogens (primary N) is 1. The number of rotatable bonds is 6. The number of fused-ring (bicyclic) bond motifs is 2. The lowest BCUT2D eigenvalue weighted by Crippen LogP contribution is -2.40. The first-order valence-electron chi connectivity index (χ1n) is 12.8. The van der Waals surface area contributed by atoms with E-state index in [1.165, 1.54) is 12.4 Å². The van der Waals surface area contributed by atoms with Gasteiger partial charge in [-0.15, -0.1) is 0 Å². The fourth-order valence-corrected chi connectivity index (χ4v) is 6.19. The van der Waals surface area contributed by atoms with E-state index in [-0.39, 0.29) is 29.2 Å². The Morgan fingerprint density at radius 1 is 1.23 bits per heavy atom. The number of aromatic nitrogens is 4. The van der Waals surface area contributed by atoms with Gasteiger partial charge in [0.25, 0.3) is 0 Å². The smallest absolute Gasteiger partial charge is 0.246 e. The molecule has 206 valence electrons. The van der Waals surface area contributed by atoms with Gasteiger partial charge in [0.05, 0.1) is 22.9 Å². The molecule has 1 fully saturated rings. The van der Waals surface area contributed by atoms with Crippen LogP contribution in [0.1, 0.15) is 24.6 Å². The molecule has 11 nitrogen and oxygen atoms in total. The van der Waals surface area contributed by atoms with Crippen molar-refractivity contribution in [3.63, 3.8) is 0 Å². The molecule has 0 radical (unpaired) electrons. The minimum atomic E-state index is -3.85. The van der Waals surface area contributed by atoms with Gasteiger partial charge in [-0.3, -0.25) is 4.79 Å². The minimum Gasteiger partial charge on any atom is -0.383 e. The second kappa shape index (κ2) is 11.0. The lowest BCUT2D eigenvalue weighted by molar-refractivity contribution is -0.127. The van der Waals surface area contributed by atoms with Crippen LogP contribution in [0.3, 0.4) is 0 Å². The van der Waals surface area contributed by atoms with Crippen LogP contribution in [0.5, 0.6) is 0 Å². The monoisotopic (exact) mass is 558 g/mol. The number of hydrogen-bond acceptors (Lipinski definition) is 8. The van der Waals surface area contributed by atoms with Gasteiger partial charge >= 0.3 is 0 Å². The first-order valence-corrected chi connectivity index (χ1v) is 14.3. The van der Waals surface area contributed by atoms with Gasteiger partial charge in [0.15, 0.2) is 5.65 Å². The Labute approximate surface area is 232 Å². The number of carbonyl (C=O) groups excluding carboxylic acids is 1. The Bertz CT molecular complexity index is 1790. The van der Waals surface area contributed by atoms with Crippen molar-refractivity contribution >= 4 is 49.2 Å². The lowest BCUT2D eigenvalue weighted by atomic mass is 10.1. The molecule has 2 aromatic carbocycles. The molecule has 1 atom stereocenters. The fourth-order valence-electron chi connectivity index (χ4n) is 5.05. The second-order valence-corrected chi connectivity index (χ2v) is 11.4. The van der Waals surface area contributed by atoms with Crippen molar-refractivity contribution in [2.24, 2.45) is 0 Å². The summed E-state index contributed by atoms with van der Waals surface area (Å²) in [5, 5.41) is 6.63. The molecule has 1 aliphatic heterocycles. The van der Waals surface area contributed by atoms with Crippen molar-refractivity contribution in [2.75, 3.05) is 44.4 Å². The summed E-state index contributed by atoms with van der Waals surface area (Å²) < 4.78 is 30.8. The van der Waals surface area contributed by atoms with Gasteiger partial charge in [-0.05, 0) is 37.0 Å². The first-order chi connectivity index (χ1) is 19.2. The molecule has 0 unspecified atom stereocenters. The van der Waals surface area contributed by atoms with E-state index in [9.17, 15) is 13.2 Å². The van der Waals surface area contributed by atoms with Crippen LogP contribution in [0.25, 0.3) is 21.8 Å². The summed E-state index contributed by atoms with van der Waals surface area (Å²) in [4.78, 5) is 24.5. The molecule has 1 saturated heterocycles. The molecule has 2 aromatic heterocycles. The maximum atomic E-state index is 13.2. The molecule has 0 aliphatic carbocycles. The van der Waals surface area contributed by atoms with Crippen molar-refractivity contribution in [1.82, 2.24) is 29.4 Å². The number of piperidine rings is 1. The average molecular weight is 559 g/mol. The van der Waals surface area contributed by atoms with Gasteiger partial charge in [0, 0.05) is 43.6 Å². The Balaban J connectivity index is 1.41. The maximum absolute atomic E-state index is 13.2. The Hall–Kier alpha value is -4.47. The van der Waals surface area contributed by atoms with Crippen LogP contribution in [0.2, 0.25) is 0 Å². The van der Waals surface area contributed by atoms with Crippen LogP contribution in [-0.2, 0) is 14.8 Å². The van der Waals surface area contributed by atoms with Gasteiger partial charge in [-0.1, -0.05) is 36.8 Å². The Morgan fingerprint density at radius 3 is 2.77 bits per heavy atom. The molecular formula is C28H30N8O3S. The van der Waals surface area contributed by atoms with Crippen molar-refractivity contribution in [3.8, 4) is 11.8 Å². The largest absolute Gasteiger partial charge is 0.383 e. The molecule has 4 aromatic rings. The number of anilines is 2.